The molecule has 0 aliphatic heterocycles. The maximum atomic E-state index is 10.8. The third-order valence-corrected chi connectivity index (χ3v) is 3.03. The molecule has 0 aliphatic carbocycles. The Balaban J connectivity index is 1.98. The molecule has 2 aromatic carbocycles. The lowest BCUT2D eigenvalue weighted by molar-refractivity contribution is -0.384. The Bertz CT molecular complexity index is 644. The Morgan fingerprint density at radius 2 is 2.10 bits per heavy atom. The SMILES string of the molecule is COc1cccc(CCNc2cc(N)cc([N+](=O)[O-])c2)c1. The van der Waals surface area contributed by atoms with E-state index in [4.69, 9.17) is 10.5 Å². The molecule has 2 aromatic rings. The number of nitrogen functional groups attached to an aromatic ring is 1. The second kappa shape index (κ2) is 6.60. The van der Waals surface area contributed by atoms with Gasteiger partial charge in [0.05, 0.1) is 12.0 Å². The van der Waals surface area contributed by atoms with Crippen LogP contribution in [0, 0.1) is 10.1 Å². The van der Waals surface area contributed by atoms with Gasteiger partial charge in [0.15, 0.2) is 0 Å². The maximum absolute atomic E-state index is 10.8. The monoisotopic (exact) mass is 287 g/mol. The minimum absolute atomic E-state index is 0.0149. The number of nitrogens with zero attached hydrogens (tertiary/aromatic N) is 1. The van der Waals surface area contributed by atoms with Crippen molar-refractivity contribution < 1.29 is 9.66 Å². The summed E-state index contributed by atoms with van der Waals surface area (Å²) in [6, 6.07) is 12.3. The third-order valence-electron chi connectivity index (χ3n) is 3.03. The zero-order valence-corrected chi connectivity index (χ0v) is 11.7. The number of hydrogen-bond acceptors (Lipinski definition) is 5. The molecule has 0 spiro atoms. The Hall–Kier alpha value is -2.76. The van der Waals surface area contributed by atoms with Gasteiger partial charge in [0.1, 0.15) is 5.75 Å². The van der Waals surface area contributed by atoms with Crippen molar-refractivity contribution in [1.82, 2.24) is 0 Å². The summed E-state index contributed by atoms with van der Waals surface area (Å²) in [4.78, 5) is 10.3. The maximum Gasteiger partial charge on any atom is 0.273 e. The molecule has 0 aliphatic rings. The molecule has 0 atom stereocenters. The summed E-state index contributed by atoms with van der Waals surface area (Å²) >= 11 is 0. The van der Waals surface area contributed by atoms with Gasteiger partial charge in [-0.05, 0) is 30.2 Å². The van der Waals surface area contributed by atoms with E-state index < -0.39 is 4.92 Å². The van der Waals surface area contributed by atoms with Crippen molar-refractivity contribution in [2.75, 3.05) is 24.7 Å². The molecule has 0 bridgehead atoms. The number of hydrogen-bond donors (Lipinski definition) is 2. The van der Waals surface area contributed by atoms with Crippen molar-refractivity contribution in [3.05, 3.63) is 58.1 Å². The van der Waals surface area contributed by atoms with Gasteiger partial charge >= 0.3 is 0 Å². The molecule has 3 N–H and O–H groups in total. The number of benzene rings is 2. The highest BCUT2D eigenvalue weighted by Crippen LogP contribution is 2.22. The topological polar surface area (TPSA) is 90.4 Å². The predicted molar refractivity (Wildman–Crippen MR) is 82.7 cm³/mol. The Morgan fingerprint density at radius 1 is 1.29 bits per heavy atom. The fourth-order valence-corrected chi connectivity index (χ4v) is 2.02. The molecule has 0 saturated carbocycles. The number of non-ortho nitro benzene ring substituents is 1. The van der Waals surface area contributed by atoms with Gasteiger partial charge in [-0.15, -0.1) is 0 Å². The fraction of sp³-hybridized carbons (Fsp3) is 0.200. The van der Waals surface area contributed by atoms with Crippen LogP contribution in [-0.2, 0) is 6.42 Å². The van der Waals surface area contributed by atoms with Crippen molar-refractivity contribution in [3.63, 3.8) is 0 Å². The van der Waals surface area contributed by atoms with Crippen molar-refractivity contribution in [2.45, 2.75) is 6.42 Å². The molecule has 0 saturated heterocycles. The zero-order valence-electron chi connectivity index (χ0n) is 11.7. The molecule has 0 amide bonds. The fourth-order valence-electron chi connectivity index (χ4n) is 2.02. The van der Waals surface area contributed by atoms with E-state index in [1.54, 1.807) is 13.2 Å². The molecule has 0 fully saturated rings. The van der Waals surface area contributed by atoms with E-state index in [0.717, 1.165) is 17.7 Å². The highest BCUT2D eigenvalue weighted by atomic mass is 16.6. The van der Waals surface area contributed by atoms with Gasteiger partial charge in [-0.1, -0.05) is 12.1 Å². The van der Waals surface area contributed by atoms with E-state index in [-0.39, 0.29) is 5.69 Å². The van der Waals surface area contributed by atoms with E-state index in [1.807, 2.05) is 24.3 Å². The number of rotatable bonds is 6. The van der Waals surface area contributed by atoms with Gasteiger partial charge in [-0.2, -0.15) is 0 Å². The summed E-state index contributed by atoms with van der Waals surface area (Å²) in [6.07, 6.45) is 0.778. The normalized spacial score (nSPS) is 10.1. The van der Waals surface area contributed by atoms with Gasteiger partial charge in [-0.3, -0.25) is 10.1 Å². The molecule has 6 heteroatoms. The van der Waals surface area contributed by atoms with Crippen LogP contribution in [0.1, 0.15) is 5.56 Å². The number of anilines is 2. The number of nitrogens with two attached hydrogens (primary N) is 1. The summed E-state index contributed by atoms with van der Waals surface area (Å²) < 4.78 is 5.17. The Labute approximate surface area is 122 Å². The molecule has 0 unspecified atom stereocenters. The average molecular weight is 287 g/mol. The van der Waals surface area contributed by atoms with Gasteiger partial charge in [0, 0.05) is 30.1 Å². The highest BCUT2D eigenvalue weighted by Gasteiger charge is 2.08. The largest absolute Gasteiger partial charge is 0.497 e. The lowest BCUT2D eigenvalue weighted by Crippen LogP contribution is -2.06. The number of nitro groups is 1. The second-order valence-corrected chi connectivity index (χ2v) is 4.60. The van der Waals surface area contributed by atoms with E-state index in [0.29, 0.717) is 17.9 Å². The van der Waals surface area contributed by atoms with Crippen molar-refractivity contribution in [1.29, 1.82) is 0 Å². The van der Waals surface area contributed by atoms with E-state index in [2.05, 4.69) is 5.32 Å². The Morgan fingerprint density at radius 3 is 2.81 bits per heavy atom. The van der Waals surface area contributed by atoms with E-state index in [1.165, 1.54) is 12.1 Å². The van der Waals surface area contributed by atoms with Gasteiger partial charge in [-0.25, -0.2) is 0 Å². The van der Waals surface area contributed by atoms with Crippen LogP contribution in [0.2, 0.25) is 0 Å². The quantitative estimate of drug-likeness (QED) is 0.484. The lowest BCUT2D eigenvalue weighted by Gasteiger charge is -2.08. The van der Waals surface area contributed by atoms with Crippen LogP contribution in [0.5, 0.6) is 5.75 Å². The summed E-state index contributed by atoms with van der Waals surface area (Å²) in [7, 11) is 1.63. The van der Waals surface area contributed by atoms with Crippen molar-refractivity contribution in [3.8, 4) is 5.75 Å². The third kappa shape index (κ3) is 4.10. The first-order valence-electron chi connectivity index (χ1n) is 6.50. The first-order valence-corrected chi connectivity index (χ1v) is 6.50. The van der Waals surface area contributed by atoms with Crippen LogP contribution >= 0.6 is 0 Å². The number of nitro benzene ring substituents is 1. The second-order valence-electron chi connectivity index (χ2n) is 4.60. The molecule has 0 heterocycles. The molecular formula is C15H17N3O3. The molecular weight excluding hydrogens is 270 g/mol. The summed E-state index contributed by atoms with van der Waals surface area (Å²) in [6.45, 7) is 0.647. The molecule has 110 valence electrons. The van der Waals surface area contributed by atoms with Gasteiger partial charge < -0.3 is 15.8 Å². The van der Waals surface area contributed by atoms with Crippen LogP contribution in [0.3, 0.4) is 0 Å². The van der Waals surface area contributed by atoms with Crippen LogP contribution in [0.25, 0.3) is 0 Å². The predicted octanol–water partition coefficient (Wildman–Crippen LogP) is 2.84. The molecule has 0 aromatic heterocycles. The summed E-state index contributed by atoms with van der Waals surface area (Å²) in [5.41, 5.74) is 7.78. The first kappa shape index (κ1) is 14.6. The Kier molecular flexibility index (Phi) is 4.61. The highest BCUT2D eigenvalue weighted by molar-refractivity contribution is 5.61. The molecule has 2 rings (SSSR count). The standard InChI is InChI=1S/C15H17N3O3/c1-21-15-4-2-3-11(7-15)5-6-17-13-8-12(16)9-14(10-13)18(19)20/h2-4,7-10,17H,5-6,16H2,1H3. The minimum atomic E-state index is -0.455. The van der Waals surface area contributed by atoms with Crippen LogP contribution in [0.4, 0.5) is 17.1 Å². The van der Waals surface area contributed by atoms with E-state index >= 15 is 0 Å². The van der Waals surface area contributed by atoms with E-state index in [9.17, 15) is 10.1 Å². The van der Waals surface area contributed by atoms with Crippen LogP contribution in [0.15, 0.2) is 42.5 Å². The van der Waals surface area contributed by atoms with Crippen molar-refractivity contribution >= 4 is 17.1 Å². The lowest BCUT2D eigenvalue weighted by atomic mass is 10.1. The van der Waals surface area contributed by atoms with Crippen LogP contribution < -0.4 is 15.8 Å². The van der Waals surface area contributed by atoms with Crippen molar-refractivity contribution in [2.24, 2.45) is 0 Å². The summed E-state index contributed by atoms with van der Waals surface area (Å²) in [5.74, 6) is 0.812. The van der Waals surface area contributed by atoms with Gasteiger partial charge in [0.2, 0.25) is 0 Å². The smallest absolute Gasteiger partial charge is 0.273 e. The number of methoxy groups -OCH3 is 1. The summed E-state index contributed by atoms with van der Waals surface area (Å²) in [5, 5.41) is 13.9. The van der Waals surface area contributed by atoms with Gasteiger partial charge in [0.25, 0.3) is 5.69 Å². The molecule has 21 heavy (non-hydrogen) atoms. The minimum Gasteiger partial charge on any atom is -0.497 e. The average Bonchev–Trinajstić information content (AvgIpc) is 2.47. The molecule has 0 radical (unpaired) electrons. The number of ether oxygens (including phenoxy) is 1. The first-order chi connectivity index (χ1) is 10.1. The van der Waals surface area contributed by atoms with Crippen LogP contribution in [-0.4, -0.2) is 18.6 Å². The molecule has 6 nitrogen and oxygen atoms in total. The zero-order chi connectivity index (χ0) is 15.2. The number of nitrogens with one attached hydrogen (secondary N) is 1.